The van der Waals surface area contributed by atoms with Crippen molar-refractivity contribution in [1.29, 1.82) is 0 Å². The van der Waals surface area contributed by atoms with Crippen molar-refractivity contribution in [1.82, 2.24) is 15.0 Å². The first-order valence-corrected chi connectivity index (χ1v) is 10.1. The van der Waals surface area contributed by atoms with Crippen LogP contribution in [0.5, 0.6) is 11.5 Å². The van der Waals surface area contributed by atoms with Crippen molar-refractivity contribution in [2.24, 2.45) is 5.92 Å². The molecule has 27 heavy (non-hydrogen) atoms. The number of nitrogens with zero attached hydrogens (tertiary/aromatic N) is 3. The highest BCUT2D eigenvalue weighted by atomic mass is 35.5. The molecule has 1 aromatic carbocycles. The van der Waals surface area contributed by atoms with Crippen molar-refractivity contribution in [3.63, 3.8) is 0 Å². The monoisotopic (exact) mass is 401 g/mol. The molecule has 4 rings (SSSR count). The fourth-order valence-corrected chi connectivity index (χ4v) is 4.49. The third-order valence-electron chi connectivity index (χ3n) is 4.84. The second-order valence-electron chi connectivity index (χ2n) is 6.60. The van der Waals surface area contributed by atoms with Gasteiger partial charge in [-0.3, -0.25) is 0 Å². The molecule has 5 nitrogen and oxygen atoms in total. The summed E-state index contributed by atoms with van der Waals surface area (Å²) in [5.74, 6) is 2.19. The Morgan fingerprint density at radius 2 is 1.85 bits per heavy atom. The molecule has 1 aliphatic carbocycles. The fraction of sp³-hybridized carbons (Fsp3) is 0.350. The molecular weight excluding hydrogens is 382 g/mol. The van der Waals surface area contributed by atoms with Gasteiger partial charge in [0.05, 0.1) is 35.5 Å². The number of ether oxygens (including phenoxy) is 2. The molecule has 0 spiro atoms. The van der Waals surface area contributed by atoms with Crippen LogP contribution in [0, 0.1) is 5.92 Å². The lowest BCUT2D eigenvalue weighted by Gasteiger charge is -2.23. The smallest absolute Gasteiger partial charge is 0.222 e. The predicted molar refractivity (Wildman–Crippen MR) is 108 cm³/mol. The van der Waals surface area contributed by atoms with Crippen LogP contribution in [0.2, 0.25) is 5.28 Å². The van der Waals surface area contributed by atoms with Crippen molar-refractivity contribution in [2.75, 3.05) is 14.2 Å². The molecule has 0 bridgehead atoms. The summed E-state index contributed by atoms with van der Waals surface area (Å²) in [6.45, 7) is 0. The van der Waals surface area contributed by atoms with Crippen LogP contribution in [-0.2, 0) is 6.42 Å². The number of hydrogen-bond donors (Lipinski definition) is 0. The van der Waals surface area contributed by atoms with Gasteiger partial charge in [0.25, 0.3) is 0 Å². The average Bonchev–Trinajstić information content (AvgIpc) is 3.08. The normalized spacial score (nSPS) is 14.0. The Morgan fingerprint density at radius 3 is 2.44 bits per heavy atom. The molecule has 0 N–H and O–H groups in total. The summed E-state index contributed by atoms with van der Waals surface area (Å²) in [5.41, 5.74) is 2.59. The Bertz CT molecular complexity index is 934. The summed E-state index contributed by atoms with van der Waals surface area (Å²) in [7, 11) is 3.29. The zero-order valence-corrected chi connectivity index (χ0v) is 16.8. The maximum absolute atomic E-state index is 6.03. The fourth-order valence-electron chi connectivity index (χ4n) is 3.17. The van der Waals surface area contributed by atoms with E-state index in [9.17, 15) is 0 Å². The van der Waals surface area contributed by atoms with Crippen molar-refractivity contribution in [2.45, 2.75) is 25.7 Å². The van der Waals surface area contributed by atoms with E-state index in [-0.39, 0.29) is 5.28 Å². The molecule has 0 saturated heterocycles. The third kappa shape index (κ3) is 3.92. The van der Waals surface area contributed by atoms with Gasteiger partial charge in [0, 0.05) is 24.2 Å². The molecule has 140 valence electrons. The van der Waals surface area contributed by atoms with Gasteiger partial charge >= 0.3 is 0 Å². The van der Waals surface area contributed by atoms with Crippen LogP contribution < -0.4 is 9.47 Å². The Hall–Kier alpha value is -2.18. The number of thiazole rings is 1. The van der Waals surface area contributed by atoms with E-state index >= 15 is 0 Å². The third-order valence-corrected chi connectivity index (χ3v) is 6.13. The van der Waals surface area contributed by atoms with Gasteiger partial charge in [-0.25, -0.2) is 15.0 Å². The molecule has 1 aliphatic rings. The van der Waals surface area contributed by atoms with Crippen LogP contribution >= 0.6 is 22.9 Å². The highest BCUT2D eigenvalue weighted by Crippen LogP contribution is 2.41. The minimum atomic E-state index is 0.232. The second kappa shape index (κ2) is 7.82. The van der Waals surface area contributed by atoms with Crippen LogP contribution in [0.3, 0.4) is 0 Å². The van der Waals surface area contributed by atoms with Crippen LogP contribution in [0.15, 0.2) is 30.5 Å². The summed E-state index contributed by atoms with van der Waals surface area (Å²) < 4.78 is 10.9. The van der Waals surface area contributed by atoms with Crippen LogP contribution in [0.4, 0.5) is 0 Å². The predicted octanol–water partition coefficient (Wildman–Crippen LogP) is 5.28. The molecule has 0 radical (unpaired) electrons. The summed E-state index contributed by atoms with van der Waals surface area (Å²) in [6.07, 6.45) is 6.58. The number of methoxy groups -OCH3 is 2. The van der Waals surface area contributed by atoms with E-state index in [1.165, 1.54) is 19.3 Å². The standard InChI is InChI=1S/C20H20ClN3O2S/c1-25-14-9-13(10-15(11-14)26-2)18-19(16-6-7-22-20(21)23-16)27-17(24-18)8-12-4-3-5-12/h6-7,9-12H,3-5,8H2,1-2H3. The maximum atomic E-state index is 6.03. The molecule has 0 amide bonds. The van der Waals surface area contributed by atoms with Crippen molar-refractivity contribution in [3.8, 4) is 33.3 Å². The highest BCUT2D eigenvalue weighted by molar-refractivity contribution is 7.15. The molecule has 0 aliphatic heterocycles. The second-order valence-corrected chi connectivity index (χ2v) is 8.02. The van der Waals surface area contributed by atoms with E-state index in [4.69, 9.17) is 26.1 Å². The number of halogens is 1. The van der Waals surface area contributed by atoms with Gasteiger partial charge in [0.2, 0.25) is 5.28 Å². The van der Waals surface area contributed by atoms with E-state index in [0.29, 0.717) is 0 Å². The quantitative estimate of drug-likeness (QED) is 0.526. The first-order valence-electron chi connectivity index (χ1n) is 8.88. The minimum Gasteiger partial charge on any atom is -0.497 e. The summed E-state index contributed by atoms with van der Waals surface area (Å²) in [5, 5.41) is 1.36. The van der Waals surface area contributed by atoms with Crippen molar-refractivity contribution in [3.05, 3.63) is 40.8 Å². The van der Waals surface area contributed by atoms with Crippen LogP contribution in [-0.4, -0.2) is 29.2 Å². The zero-order valence-electron chi connectivity index (χ0n) is 15.2. The van der Waals surface area contributed by atoms with E-state index in [1.54, 1.807) is 31.8 Å². The largest absolute Gasteiger partial charge is 0.497 e. The Balaban J connectivity index is 1.82. The minimum absolute atomic E-state index is 0.232. The van der Waals surface area contributed by atoms with Gasteiger partial charge in [0.15, 0.2) is 0 Å². The van der Waals surface area contributed by atoms with E-state index in [2.05, 4.69) is 9.97 Å². The SMILES string of the molecule is COc1cc(OC)cc(-c2nc(CC3CCC3)sc2-c2ccnc(Cl)n2)c1. The molecule has 0 unspecified atom stereocenters. The molecular formula is C20H20ClN3O2S. The number of aromatic nitrogens is 3. The number of hydrogen-bond acceptors (Lipinski definition) is 6. The van der Waals surface area contributed by atoms with Gasteiger partial charge < -0.3 is 9.47 Å². The van der Waals surface area contributed by atoms with Crippen molar-refractivity contribution >= 4 is 22.9 Å². The molecule has 2 aromatic heterocycles. The first kappa shape index (κ1) is 18.2. The van der Waals surface area contributed by atoms with Crippen LogP contribution in [0.25, 0.3) is 21.8 Å². The zero-order chi connectivity index (χ0) is 18.8. The average molecular weight is 402 g/mol. The van der Waals surface area contributed by atoms with Gasteiger partial charge in [-0.05, 0) is 35.7 Å². The van der Waals surface area contributed by atoms with Crippen molar-refractivity contribution < 1.29 is 9.47 Å². The highest BCUT2D eigenvalue weighted by Gasteiger charge is 2.23. The van der Waals surface area contributed by atoms with Gasteiger partial charge in [-0.1, -0.05) is 19.3 Å². The summed E-state index contributed by atoms with van der Waals surface area (Å²) in [6, 6.07) is 7.66. The molecule has 3 aromatic rings. The van der Waals surface area contributed by atoms with Gasteiger partial charge in [-0.2, -0.15) is 0 Å². The Kier molecular flexibility index (Phi) is 5.27. The van der Waals surface area contributed by atoms with Gasteiger partial charge in [-0.15, -0.1) is 11.3 Å². The Morgan fingerprint density at radius 1 is 1.11 bits per heavy atom. The maximum Gasteiger partial charge on any atom is 0.222 e. The molecule has 0 atom stereocenters. The lowest BCUT2D eigenvalue weighted by molar-refractivity contribution is 0.314. The number of benzene rings is 1. The van der Waals surface area contributed by atoms with E-state index < -0.39 is 0 Å². The number of rotatable bonds is 6. The van der Waals surface area contributed by atoms with Crippen LogP contribution in [0.1, 0.15) is 24.3 Å². The van der Waals surface area contributed by atoms with E-state index in [1.807, 2.05) is 24.3 Å². The Labute approximate surface area is 167 Å². The summed E-state index contributed by atoms with van der Waals surface area (Å²) >= 11 is 7.71. The molecule has 1 saturated carbocycles. The van der Waals surface area contributed by atoms with Gasteiger partial charge in [0.1, 0.15) is 11.5 Å². The lowest BCUT2D eigenvalue weighted by Crippen LogP contribution is -2.13. The molecule has 7 heteroatoms. The lowest BCUT2D eigenvalue weighted by atomic mass is 9.83. The van der Waals surface area contributed by atoms with E-state index in [0.717, 1.165) is 50.7 Å². The molecule has 2 heterocycles. The molecule has 1 fully saturated rings. The topological polar surface area (TPSA) is 57.1 Å². The first-order chi connectivity index (χ1) is 13.2. The summed E-state index contributed by atoms with van der Waals surface area (Å²) in [4.78, 5) is 14.4.